The summed E-state index contributed by atoms with van der Waals surface area (Å²) in [6.07, 6.45) is -2.08. The molecular weight excluding hydrogens is 270 g/mol. The minimum atomic E-state index is -2.08. The van der Waals surface area contributed by atoms with Gasteiger partial charge in [0.05, 0.1) is 11.1 Å². The van der Waals surface area contributed by atoms with Gasteiger partial charge in [-0.3, -0.25) is 0 Å². The molecule has 1 atom stereocenters. The van der Waals surface area contributed by atoms with Crippen LogP contribution in [0, 0.1) is 5.82 Å². The molecule has 0 bridgehead atoms. The summed E-state index contributed by atoms with van der Waals surface area (Å²) >= 11 is 2.91. The molecule has 1 aromatic rings. The Kier molecular flexibility index (Phi) is 4.20. The van der Waals surface area contributed by atoms with Crippen LogP contribution in [0.1, 0.15) is 18.7 Å². The van der Waals surface area contributed by atoms with Crippen LogP contribution in [0.5, 0.6) is 0 Å². The summed E-state index contributed by atoms with van der Waals surface area (Å²) in [5.41, 5.74) is -0.317. The average molecular weight is 279 g/mol. The molecule has 0 saturated heterocycles. The topological polar surface area (TPSA) is 26.3 Å². The van der Waals surface area contributed by atoms with Crippen molar-refractivity contribution >= 4 is 21.9 Å². The van der Waals surface area contributed by atoms with Crippen molar-refractivity contribution in [3.05, 3.63) is 34.1 Å². The molecule has 0 aliphatic rings. The molecule has 0 radical (unpaired) electrons. The second-order valence-corrected chi connectivity index (χ2v) is 3.61. The zero-order chi connectivity index (χ0) is 11.4. The first-order chi connectivity index (χ1) is 7.07. The van der Waals surface area contributed by atoms with E-state index in [4.69, 9.17) is 0 Å². The van der Waals surface area contributed by atoms with Gasteiger partial charge in [-0.15, -0.1) is 0 Å². The summed E-state index contributed by atoms with van der Waals surface area (Å²) in [6.45, 7) is 1.62. The van der Waals surface area contributed by atoms with Crippen molar-refractivity contribution in [3.63, 3.8) is 0 Å². The van der Waals surface area contributed by atoms with E-state index in [0.717, 1.165) is 0 Å². The van der Waals surface area contributed by atoms with Crippen LogP contribution in [0.4, 0.5) is 8.78 Å². The normalized spacial score (nSPS) is 12.3. The van der Waals surface area contributed by atoms with Gasteiger partial charge in [0.25, 0.3) is 0 Å². The molecule has 1 rings (SSSR count). The van der Waals surface area contributed by atoms with Gasteiger partial charge in [-0.25, -0.2) is 13.6 Å². The van der Waals surface area contributed by atoms with Gasteiger partial charge in [-0.05, 0) is 28.9 Å². The molecule has 0 aromatic heterocycles. The van der Waals surface area contributed by atoms with Crippen molar-refractivity contribution in [2.45, 2.75) is 13.1 Å². The Morgan fingerprint density at radius 2 is 2.27 bits per heavy atom. The molecule has 15 heavy (non-hydrogen) atoms. The van der Waals surface area contributed by atoms with Crippen molar-refractivity contribution in [2.24, 2.45) is 0 Å². The fourth-order valence-corrected chi connectivity index (χ4v) is 1.44. The lowest BCUT2D eigenvalue weighted by Crippen LogP contribution is -2.13. The van der Waals surface area contributed by atoms with Crippen LogP contribution in [0.15, 0.2) is 22.7 Å². The number of alkyl halides is 1. The summed E-state index contributed by atoms with van der Waals surface area (Å²) in [4.78, 5) is 11.0. The molecule has 1 aromatic carbocycles. The number of benzene rings is 1. The Balaban J connectivity index is 2.96. The van der Waals surface area contributed by atoms with E-state index < -0.39 is 18.0 Å². The van der Waals surface area contributed by atoms with E-state index >= 15 is 0 Å². The van der Waals surface area contributed by atoms with Crippen LogP contribution in [0.25, 0.3) is 0 Å². The first-order valence-electron chi connectivity index (χ1n) is 4.32. The van der Waals surface area contributed by atoms with E-state index in [0.29, 0.717) is 0 Å². The first kappa shape index (κ1) is 12.1. The van der Waals surface area contributed by atoms with Gasteiger partial charge in [0, 0.05) is 5.56 Å². The molecule has 0 saturated carbocycles. The molecule has 1 unspecified atom stereocenters. The van der Waals surface area contributed by atoms with Crippen LogP contribution in [-0.4, -0.2) is 12.6 Å². The Morgan fingerprint density at radius 1 is 1.60 bits per heavy atom. The van der Waals surface area contributed by atoms with Crippen LogP contribution >= 0.6 is 15.9 Å². The van der Waals surface area contributed by atoms with Gasteiger partial charge < -0.3 is 4.74 Å². The number of carbonyl (C=O) groups is 1. The molecule has 0 amide bonds. The summed E-state index contributed by atoms with van der Waals surface area (Å²) in [5, 5.41) is 0. The van der Waals surface area contributed by atoms with Crippen molar-refractivity contribution in [1.82, 2.24) is 0 Å². The van der Waals surface area contributed by atoms with E-state index in [1.165, 1.54) is 18.2 Å². The number of esters is 1. The first-order valence-corrected chi connectivity index (χ1v) is 5.11. The second-order valence-electron chi connectivity index (χ2n) is 2.76. The molecule has 0 heterocycles. The fourth-order valence-electron chi connectivity index (χ4n) is 1.06. The quantitative estimate of drug-likeness (QED) is 0.794. The SMILES string of the molecule is CCOC(=O)C(F)c1cccc(Br)c1F. The third-order valence-electron chi connectivity index (χ3n) is 1.75. The van der Waals surface area contributed by atoms with Crippen molar-refractivity contribution in [1.29, 1.82) is 0 Å². The highest BCUT2D eigenvalue weighted by Gasteiger charge is 2.24. The van der Waals surface area contributed by atoms with E-state index in [-0.39, 0.29) is 16.6 Å². The highest BCUT2D eigenvalue weighted by Crippen LogP contribution is 2.26. The van der Waals surface area contributed by atoms with E-state index in [9.17, 15) is 13.6 Å². The predicted molar refractivity (Wildman–Crippen MR) is 54.6 cm³/mol. The van der Waals surface area contributed by atoms with Crippen LogP contribution in [0.3, 0.4) is 0 Å². The molecule has 0 spiro atoms. The van der Waals surface area contributed by atoms with Crippen molar-refractivity contribution in [2.75, 3.05) is 6.61 Å². The predicted octanol–water partition coefficient (Wildman–Crippen LogP) is 3.16. The summed E-state index contributed by atoms with van der Waals surface area (Å²) in [6, 6.07) is 4.09. The van der Waals surface area contributed by atoms with Crippen LogP contribution in [0.2, 0.25) is 0 Å². The highest BCUT2D eigenvalue weighted by molar-refractivity contribution is 9.10. The van der Waals surface area contributed by atoms with Crippen molar-refractivity contribution in [3.8, 4) is 0 Å². The van der Waals surface area contributed by atoms with E-state index in [1.54, 1.807) is 6.92 Å². The average Bonchev–Trinajstić information content (AvgIpc) is 2.21. The molecule has 0 N–H and O–H groups in total. The highest BCUT2D eigenvalue weighted by atomic mass is 79.9. The monoisotopic (exact) mass is 278 g/mol. The van der Waals surface area contributed by atoms with E-state index in [2.05, 4.69) is 20.7 Å². The number of ether oxygens (including phenoxy) is 1. The van der Waals surface area contributed by atoms with Gasteiger partial charge in [0.1, 0.15) is 5.82 Å². The fraction of sp³-hybridized carbons (Fsp3) is 0.300. The van der Waals surface area contributed by atoms with Gasteiger partial charge in [-0.2, -0.15) is 0 Å². The van der Waals surface area contributed by atoms with Crippen LogP contribution < -0.4 is 0 Å². The number of carbonyl (C=O) groups excluding carboxylic acids is 1. The number of hydrogen-bond donors (Lipinski definition) is 0. The standard InChI is InChI=1S/C10H9BrF2O2/c1-2-15-10(14)9(13)6-4-3-5-7(11)8(6)12/h3-5,9H,2H2,1H3. The zero-order valence-corrected chi connectivity index (χ0v) is 9.55. The molecular formula is C10H9BrF2O2. The molecule has 2 nitrogen and oxygen atoms in total. The molecule has 5 heteroatoms. The maximum atomic E-state index is 13.4. The summed E-state index contributed by atoms with van der Waals surface area (Å²) in [7, 11) is 0. The third kappa shape index (κ3) is 2.75. The van der Waals surface area contributed by atoms with Crippen LogP contribution in [-0.2, 0) is 9.53 Å². The number of rotatable bonds is 3. The Bertz CT molecular complexity index is 368. The molecule has 82 valence electrons. The zero-order valence-electron chi connectivity index (χ0n) is 7.97. The lowest BCUT2D eigenvalue weighted by molar-refractivity contribution is -0.149. The number of hydrogen-bond acceptors (Lipinski definition) is 2. The lowest BCUT2D eigenvalue weighted by atomic mass is 10.1. The molecule has 0 aliphatic heterocycles. The van der Waals surface area contributed by atoms with Gasteiger partial charge in [0.2, 0.25) is 6.17 Å². The number of halogens is 3. The van der Waals surface area contributed by atoms with Crippen molar-refractivity contribution < 1.29 is 18.3 Å². The largest absolute Gasteiger partial charge is 0.464 e. The lowest BCUT2D eigenvalue weighted by Gasteiger charge is -2.09. The molecule has 0 fully saturated rings. The van der Waals surface area contributed by atoms with Gasteiger partial charge >= 0.3 is 5.97 Å². The third-order valence-corrected chi connectivity index (χ3v) is 2.36. The maximum Gasteiger partial charge on any atom is 0.345 e. The van der Waals surface area contributed by atoms with Gasteiger partial charge in [-0.1, -0.05) is 12.1 Å². The minimum absolute atomic E-state index is 0.0644. The molecule has 0 aliphatic carbocycles. The summed E-state index contributed by atoms with van der Waals surface area (Å²) in [5.74, 6) is -1.85. The maximum absolute atomic E-state index is 13.4. The van der Waals surface area contributed by atoms with Gasteiger partial charge in [0.15, 0.2) is 0 Å². The van der Waals surface area contributed by atoms with E-state index in [1.807, 2.05) is 0 Å². The Morgan fingerprint density at radius 3 is 2.87 bits per heavy atom. The minimum Gasteiger partial charge on any atom is -0.464 e. The smallest absolute Gasteiger partial charge is 0.345 e. The second kappa shape index (κ2) is 5.21. The summed E-state index contributed by atoms with van der Waals surface area (Å²) < 4.78 is 31.4. The Labute approximate surface area is 94.4 Å². The Hall–Kier alpha value is -0.970.